The Morgan fingerprint density at radius 1 is 1.10 bits per heavy atom. The molecule has 10 heteroatoms. The van der Waals surface area contributed by atoms with E-state index in [2.05, 4.69) is 9.47 Å². The van der Waals surface area contributed by atoms with Crippen molar-refractivity contribution in [2.24, 2.45) is 0 Å². The maximum atomic E-state index is 13.7. The van der Waals surface area contributed by atoms with Crippen molar-refractivity contribution in [1.29, 1.82) is 0 Å². The van der Waals surface area contributed by atoms with E-state index >= 15 is 0 Å². The Hall–Kier alpha value is -0.700. The number of hydrogen-bond donors (Lipinski definition) is 0. The van der Waals surface area contributed by atoms with Crippen molar-refractivity contribution in [2.45, 2.75) is 37.4 Å². The van der Waals surface area contributed by atoms with E-state index in [0.717, 1.165) is 7.11 Å². The molecule has 1 unspecified atom stereocenters. The largest absolute Gasteiger partial charge is 0.469 e. The quantitative estimate of drug-likeness (QED) is 0.365. The van der Waals surface area contributed by atoms with Gasteiger partial charge in [-0.2, -0.15) is 30.7 Å². The molecule has 0 spiro atoms. The number of methoxy groups -OCH3 is 1. The molecule has 0 fully saturated rings. The first-order valence-electron chi connectivity index (χ1n) is 5.21. The molecule has 2 nitrogen and oxygen atoms in total. The van der Waals surface area contributed by atoms with Gasteiger partial charge in [-0.3, -0.25) is 0 Å². The second-order valence-corrected chi connectivity index (χ2v) is 4.33. The van der Waals surface area contributed by atoms with Crippen LogP contribution in [0.4, 0.5) is 30.7 Å². The highest BCUT2D eigenvalue weighted by Gasteiger charge is 2.70. The van der Waals surface area contributed by atoms with Gasteiger partial charge in [0.05, 0.1) is 0 Å². The van der Waals surface area contributed by atoms with Crippen LogP contribution < -0.4 is 0 Å². The van der Waals surface area contributed by atoms with Crippen LogP contribution in [0.2, 0.25) is 0 Å². The molecule has 1 atom stereocenters. The van der Waals surface area contributed by atoms with Gasteiger partial charge in [-0.25, -0.2) is 0 Å². The highest BCUT2D eigenvalue weighted by atomic mass is 35.5. The van der Waals surface area contributed by atoms with Crippen LogP contribution >= 0.6 is 11.6 Å². The summed E-state index contributed by atoms with van der Waals surface area (Å²) in [4.78, 5) is 0. The number of rotatable bonds is 8. The Labute approximate surface area is 115 Å². The second kappa shape index (κ2) is 6.84. The summed E-state index contributed by atoms with van der Waals surface area (Å²) in [6.07, 6.45) is -9.55. The van der Waals surface area contributed by atoms with Crippen LogP contribution in [0.25, 0.3) is 0 Å². The lowest BCUT2D eigenvalue weighted by molar-refractivity contribution is -0.384. The Balaban J connectivity index is 5.39. The highest BCUT2D eigenvalue weighted by Crippen LogP contribution is 2.48. The third-order valence-electron chi connectivity index (χ3n) is 2.63. The zero-order valence-corrected chi connectivity index (χ0v) is 11.2. The molecule has 0 N–H and O–H groups in total. The summed E-state index contributed by atoms with van der Waals surface area (Å²) in [7, 11) is 0.722. The average molecular weight is 333 g/mol. The Bertz CT molecular complexity index is 358. The molecule has 0 bridgehead atoms. The zero-order valence-electron chi connectivity index (χ0n) is 10.5. The SMILES string of the molecule is COC(C)(CCCCl)C(F)(F)C(F)(F)OC(F)=C(F)F. The van der Waals surface area contributed by atoms with Crippen LogP contribution in [-0.2, 0) is 9.47 Å². The standard InChI is InChI=1S/C10H12ClF7O2/c1-8(19-2,4-3-5-11)9(15,16)10(17,18)20-7(14)6(12)13/h3-5H2,1-2H3. The van der Waals surface area contributed by atoms with Crippen LogP contribution in [0.5, 0.6) is 0 Å². The van der Waals surface area contributed by atoms with Gasteiger partial charge in [-0.05, 0) is 19.8 Å². The molecule has 0 aromatic rings. The van der Waals surface area contributed by atoms with E-state index in [1.165, 1.54) is 0 Å². The van der Waals surface area contributed by atoms with Crippen molar-refractivity contribution in [3.05, 3.63) is 12.1 Å². The minimum absolute atomic E-state index is 0.116. The molecule has 0 saturated heterocycles. The molecule has 0 amide bonds. The lowest BCUT2D eigenvalue weighted by Crippen LogP contribution is -2.59. The topological polar surface area (TPSA) is 18.5 Å². The predicted molar refractivity (Wildman–Crippen MR) is 56.7 cm³/mol. The molecule has 0 radical (unpaired) electrons. The van der Waals surface area contributed by atoms with Gasteiger partial charge in [0.15, 0.2) is 0 Å². The van der Waals surface area contributed by atoms with Crippen LogP contribution in [-0.4, -0.2) is 30.6 Å². The fraction of sp³-hybridized carbons (Fsp3) is 0.800. The van der Waals surface area contributed by atoms with Gasteiger partial charge in [0.2, 0.25) is 0 Å². The molecule has 0 heterocycles. The minimum atomic E-state index is -5.53. The van der Waals surface area contributed by atoms with Crippen molar-refractivity contribution < 1.29 is 40.2 Å². The summed E-state index contributed by atoms with van der Waals surface area (Å²) < 4.78 is 96.7. The van der Waals surface area contributed by atoms with E-state index < -0.39 is 36.1 Å². The van der Waals surface area contributed by atoms with Crippen LogP contribution in [0.1, 0.15) is 19.8 Å². The first-order chi connectivity index (χ1) is 8.95. The van der Waals surface area contributed by atoms with Crippen molar-refractivity contribution in [2.75, 3.05) is 13.0 Å². The lowest BCUT2D eigenvalue weighted by Gasteiger charge is -2.39. The molecule has 0 aliphatic rings. The average Bonchev–Trinajstić information content (AvgIpc) is 2.34. The van der Waals surface area contributed by atoms with Crippen LogP contribution in [0.3, 0.4) is 0 Å². The molecule has 0 aliphatic carbocycles. The van der Waals surface area contributed by atoms with Crippen molar-refractivity contribution in [1.82, 2.24) is 0 Å². The molecule has 0 aromatic carbocycles. The monoisotopic (exact) mass is 332 g/mol. The molecule has 0 rings (SSSR count). The third kappa shape index (κ3) is 3.91. The van der Waals surface area contributed by atoms with Gasteiger partial charge in [0.1, 0.15) is 5.60 Å². The maximum Gasteiger partial charge on any atom is 0.469 e. The van der Waals surface area contributed by atoms with E-state index in [4.69, 9.17) is 11.6 Å². The lowest BCUT2D eigenvalue weighted by atomic mass is 9.91. The summed E-state index contributed by atoms with van der Waals surface area (Å²) in [6.45, 7) is 0.615. The van der Waals surface area contributed by atoms with Crippen LogP contribution in [0.15, 0.2) is 12.1 Å². The number of ether oxygens (including phenoxy) is 2. The summed E-state index contributed by atoms with van der Waals surface area (Å²) in [5, 5.41) is 0. The normalized spacial score (nSPS) is 15.7. The van der Waals surface area contributed by atoms with E-state index in [9.17, 15) is 30.7 Å². The van der Waals surface area contributed by atoms with Crippen LogP contribution in [0, 0.1) is 0 Å². The predicted octanol–water partition coefficient (Wildman–Crippen LogP) is 4.69. The number of halogens is 8. The first kappa shape index (κ1) is 19.3. The Morgan fingerprint density at radius 3 is 1.95 bits per heavy atom. The van der Waals surface area contributed by atoms with E-state index in [-0.39, 0.29) is 12.3 Å². The van der Waals surface area contributed by atoms with Gasteiger partial charge >= 0.3 is 24.1 Å². The van der Waals surface area contributed by atoms with Gasteiger partial charge in [-0.1, -0.05) is 0 Å². The molecular weight excluding hydrogens is 321 g/mol. The summed E-state index contributed by atoms with van der Waals surface area (Å²) >= 11 is 5.27. The third-order valence-corrected chi connectivity index (χ3v) is 2.90. The second-order valence-electron chi connectivity index (χ2n) is 3.95. The molecule has 0 aliphatic heterocycles. The van der Waals surface area contributed by atoms with E-state index in [1.54, 1.807) is 0 Å². The fourth-order valence-corrected chi connectivity index (χ4v) is 1.45. The zero-order chi connectivity index (χ0) is 16.2. The molecule has 0 aromatic heterocycles. The molecular formula is C10H12ClF7O2. The van der Waals surface area contributed by atoms with Gasteiger partial charge in [0, 0.05) is 13.0 Å². The summed E-state index contributed by atoms with van der Waals surface area (Å²) in [6, 6.07) is -3.08. The maximum absolute atomic E-state index is 13.7. The van der Waals surface area contributed by atoms with E-state index in [1.807, 2.05) is 0 Å². The Kier molecular flexibility index (Phi) is 6.60. The van der Waals surface area contributed by atoms with Crippen molar-refractivity contribution in [3.63, 3.8) is 0 Å². The minimum Gasteiger partial charge on any atom is -0.398 e. The summed E-state index contributed by atoms with van der Waals surface area (Å²) in [5.41, 5.74) is -2.78. The molecule has 120 valence electrons. The summed E-state index contributed by atoms with van der Waals surface area (Å²) in [5.74, 6) is -5.19. The Morgan fingerprint density at radius 2 is 1.60 bits per heavy atom. The van der Waals surface area contributed by atoms with Crippen molar-refractivity contribution >= 4 is 11.6 Å². The fourth-order valence-electron chi connectivity index (χ4n) is 1.31. The number of alkyl halides is 5. The van der Waals surface area contributed by atoms with Crippen molar-refractivity contribution in [3.8, 4) is 0 Å². The highest BCUT2D eigenvalue weighted by molar-refractivity contribution is 6.17. The molecule has 20 heavy (non-hydrogen) atoms. The van der Waals surface area contributed by atoms with Gasteiger partial charge in [0.25, 0.3) is 0 Å². The van der Waals surface area contributed by atoms with Gasteiger partial charge < -0.3 is 9.47 Å². The molecule has 0 saturated carbocycles. The van der Waals surface area contributed by atoms with E-state index in [0.29, 0.717) is 6.92 Å². The number of hydrogen-bond acceptors (Lipinski definition) is 2. The van der Waals surface area contributed by atoms with Gasteiger partial charge in [-0.15, -0.1) is 11.6 Å². The first-order valence-corrected chi connectivity index (χ1v) is 5.75. The smallest absolute Gasteiger partial charge is 0.398 e.